The molecule has 17 heavy (non-hydrogen) atoms. The first-order valence-corrected chi connectivity index (χ1v) is 5.79. The fraction of sp³-hybridized carbons (Fsp3) is 0.364. The number of ether oxygens (including phenoxy) is 1. The van der Waals surface area contributed by atoms with Crippen molar-refractivity contribution >= 4 is 21.9 Å². The number of aromatic hydroxyl groups is 1. The maximum Gasteiger partial charge on any atom is 0.303 e. The van der Waals surface area contributed by atoms with Gasteiger partial charge in [0.25, 0.3) is 0 Å². The van der Waals surface area contributed by atoms with Gasteiger partial charge in [-0.2, -0.15) is 0 Å². The zero-order chi connectivity index (χ0) is 13.0. The molecule has 4 N–H and O–H groups in total. The average molecular weight is 304 g/mol. The van der Waals surface area contributed by atoms with Gasteiger partial charge in [-0.3, -0.25) is 4.79 Å². The van der Waals surface area contributed by atoms with Gasteiger partial charge in [0.2, 0.25) is 0 Å². The molecule has 1 unspecified atom stereocenters. The Morgan fingerprint density at radius 2 is 2.24 bits per heavy atom. The maximum absolute atomic E-state index is 10.4. The molecular weight excluding hydrogens is 290 g/mol. The molecule has 6 heteroatoms. The highest BCUT2D eigenvalue weighted by molar-refractivity contribution is 9.10. The summed E-state index contributed by atoms with van der Waals surface area (Å²) in [6.07, 6.45) is 0.215. The molecule has 0 saturated heterocycles. The number of hydrogen-bond donors (Lipinski definition) is 3. The minimum atomic E-state index is -0.913. The molecule has 0 amide bonds. The average Bonchev–Trinajstić information content (AvgIpc) is 2.26. The Morgan fingerprint density at radius 1 is 1.59 bits per heavy atom. The molecule has 0 saturated carbocycles. The second-order valence-corrected chi connectivity index (χ2v) is 4.41. The van der Waals surface area contributed by atoms with Crippen LogP contribution in [0, 0.1) is 0 Å². The number of hydrogen-bond acceptors (Lipinski definition) is 4. The quantitative estimate of drug-likeness (QED) is 0.774. The van der Waals surface area contributed by atoms with E-state index in [-0.39, 0.29) is 18.6 Å². The summed E-state index contributed by atoms with van der Waals surface area (Å²) in [7, 11) is 1.44. The summed E-state index contributed by atoms with van der Waals surface area (Å²) in [4.78, 5) is 10.4. The molecular formula is C11H14BrNO4. The predicted molar refractivity (Wildman–Crippen MR) is 66.2 cm³/mol. The van der Waals surface area contributed by atoms with E-state index < -0.39 is 12.0 Å². The van der Waals surface area contributed by atoms with E-state index in [4.69, 9.17) is 15.6 Å². The van der Waals surface area contributed by atoms with Crippen molar-refractivity contribution in [1.29, 1.82) is 0 Å². The summed E-state index contributed by atoms with van der Waals surface area (Å²) in [6.45, 7) is 0. The SMILES string of the molecule is COc1c(Br)ccc(C(N)CCC(=O)O)c1O. The van der Waals surface area contributed by atoms with Gasteiger partial charge in [-0.25, -0.2) is 0 Å². The van der Waals surface area contributed by atoms with E-state index >= 15 is 0 Å². The van der Waals surface area contributed by atoms with Crippen LogP contribution in [0.3, 0.4) is 0 Å². The van der Waals surface area contributed by atoms with Crippen molar-refractivity contribution in [2.45, 2.75) is 18.9 Å². The summed E-state index contributed by atoms with van der Waals surface area (Å²) in [5, 5.41) is 18.5. The van der Waals surface area contributed by atoms with E-state index in [1.807, 2.05) is 0 Å². The molecule has 1 aromatic carbocycles. The number of nitrogens with two attached hydrogens (primary N) is 1. The van der Waals surface area contributed by atoms with Gasteiger partial charge < -0.3 is 20.7 Å². The van der Waals surface area contributed by atoms with Crippen LogP contribution in [0.1, 0.15) is 24.4 Å². The minimum Gasteiger partial charge on any atom is -0.504 e. The van der Waals surface area contributed by atoms with Crippen LogP contribution in [0.25, 0.3) is 0 Å². The lowest BCUT2D eigenvalue weighted by Gasteiger charge is -2.15. The molecule has 0 spiro atoms. The van der Waals surface area contributed by atoms with Gasteiger partial charge in [0.1, 0.15) is 0 Å². The van der Waals surface area contributed by atoms with Gasteiger partial charge in [-0.1, -0.05) is 6.07 Å². The fourth-order valence-electron chi connectivity index (χ4n) is 1.49. The zero-order valence-electron chi connectivity index (χ0n) is 9.31. The molecule has 0 heterocycles. The number of rotatable bonds is 5. The van der Waals surface area contributed by atoms with Crippen molar-refractivity contribution in [3.63, 3.8) is 0 Å². The standard InChI is InChI=1S/C11H14BrNO4/c1-17-11-7(12)3-2-6(10(11)16)8(13)4-5-9(14)15/h2-3,8,16H,4-5,13H2,1H3,(H,14,15). The normalized spacial score (nSPS) is 12.2. The first-order valence-electron chi connectivity index (χ1n) is 5.00. The summed E-state index contributed by atoms with van der Waals surface area (Å²) >= 11 is 3.23. The fourth-order valence-corrected chi connectivity index (χ4v) is 1.97. The lowest BCUT2D eigenvalue weighted by molar-refractivity contribution is -0.137. The number of methoxy groups -OCH3 is 1. The second-order valence-electron chi connectivity index (χ2n) is 3.56. The summed E-state index contributed by atoms with van der Waals surface area (Å²) in [6, 6.07) is 2.82. The van der Waals surface area contributed by atoms with Crippen LogP contribution < -0.4 is 10.5 Å². The van der Waals surface area contributed by atoms with Crippen LogP contribution in [-0.4, -0.2) is 23.3 Å². The molecule has 0 bridgehead atoms. The second kappa shape index (κ2) is 5.88. The number of halogens is 1. The van der Waals surface area contributed by atoms with E-state index in [0.717, 1.165) is 0 Å². The predicted octanol–water partition coefficient (Wildman–Crippen LogP) is 2.03. The van der Waals surface area contributed by atoms with Crippen LogP contribution >= 0.6 is 15.9 Å². The van der Waals surface area contributed by atoms with Crippen LogP contribution in [-0.2, 0) is 4.79 Å². The Balaban J connectivity index is 2.94. The number of carboxylic acids is 1. The molecule has 0 radical (unpaired) electrons. The van der Waals surface area contributed by atoms with E-state index in [9.17, 15) is 9.90 Å². The number of carboxylic acid groups (broad SMARTS) is 1. The zero-order valence-corrected chi connectivity index (χ0v) is 10.9. The lowest BCUT2D eigenvalue weighted by Crippen LogP contribution is -2.12. The Hall–Kier alpha value is -1.27. The van der Waals surface area contributed by atoms with Gasteiger partial charge in [0.05, 0.1) is 11.6 Å². The van der Waals surface area contributed by atoms with Crippen LogP contribution in [0.4, 0.5) is 0 Å². The summed E-state index contributed by atoms with van der Waals surface area (Å²) in [5.74, 6) is -0.669. The minimum absolute atomic E-state index is 0.0427. The topological polar surface area (TPSA) is 92.8 Å². The van der Waals surface area contributed by atoms with Crippen molar-refractivity contribution in [2.75, 3.05) is 7.11 Å². The highest BCUT2D eigenvalue weighted by Gasteiger charge is 2.17. The molecule has 0 aromatic heterocycles. The number of aliphatic carboxylic acids is 1. The van der Waals surface area contributed by atoms with Crippen molar-refractivity contribution in [3.8, 4) is 11.5 Å². The smallest absolute Gasteiger partial charge is 0.303 e. The monoisotopic (exact) mass is 303 g/mol. The van der Waals surface area contributed by atoms with E-state index in [0.29, 0.717) is 15.8 Å². The van der Waals surface area contributed by atoms with Gasteiger partial charge in [-0.15, -0.1) is 0 Å². The Morgan fingerprint density at radius 3 is 2.76 bits per heavy atom. The third-order valence-corrected chi connectivity index (χ3v) is 3.01. The van der Waals surface area contributed by atoms with E-state index in [2.05, 4.69) is 15.9 Å². The van der Waals surface area contributed by atoms with Gasteiger partial charge in [0, 0.05) is 18.0 Å². The van der Waals surface area contributed by atoms with Gasteiger partial charge >= 0.3 is 5.97 Å². The number of carbonyl (C=O) groups is 1. The first-order chi connectivity index (χ1) is 7.97. The van der Waals surface area contributed by atoms with E-state index in [1.165, 1.54) is 7.11 Å². The third kappa shape index (κ3) is 3.34. The van der Waals surface area contributed by atoms with Crippen molar-refractivity contribution in [3.05, 3.63) is 22.2 Å². The summed E-state index contributed by atoms with van der Waals surface area (Å²) < 4.78 is 5.64. The van der Waals surface area contributed by atoms with Gasteiger partial charge in [-0.05, 0) is 28.4 Å². The largest absolute Gasteiger partial charge is 0.504 e. The van der Waals surface area contributed by atoms with Crippen LogP contribution in [0.5, 0.6) is 11.5 Å². The molecule has 5 nitrogen and oxygen atoms in total. The first kappa shape index (κ1) is 13.8. The lowest BCUT2D eigenvalue weighted by atomic mass is 10.0. The van der Waals surface area contributed by atoms with Crippen LogP contribution in [0.2, 0.25) is 0 Å². The number of phenolic OH excluding ortho intramolecular Hbond substituents is 1. The summed E-state index contributed by atoms with van der Waals surface area (Å²) in [5.41, 5.74) is 6.30. The Kier molecular flexibility index (Phi) is 4.77. The molecule has 1 aromatic rings. The van der Waals surface area contributed by atoms with Crippen molar-refractivity contribution in [2.24, 2.45) is 5.73 Å². The molecule has 1 rings (SSSR count). The highest BCUT2D eigenvalue weighted by atomic mass is 79.9. The Bertz CT molecular complexity index is 422. The Labute approximate surface area is 107 Å². The van der Waals surface area contributed by atoms with Crippen molar-refractivity contribution in [1.82, 2.24) is 0 Å². The molecule has 0 aliphatic rings. The van der Waals surface area contributed by atoms with Crippen molar-refractivity contribution < 1.29 is 19.7 Å². The molecule has 1 atom stereocenters. The van der Waals surface area contributed by atoms with Crippen LogP contribution in [0.15, 0.2) is 16.6 Å². The molecule has 0 fully saturated rings. The molecule has 94 valence electrons. The number of phenols is 1. The van der Waals surface area contributed by atoms with E-state index in [1.54, 1.807) is 12.1 Å². The third-order valence-electron chi connectivity index (χ3n) is 2.39. The molecule has 0 aliphatic carbocycles. The maximum atomic E-state index is 10.4. The number of benzene rings is 1. The highest BCUT2D eigenvalue weighted by Crippen LogP contribution is 2.39. The molecule has 0 aliphatic heterocycles. The van der Waals surface area contributed by atoms with Gasteiger partial charge in [0.15, 0.2) is 11.5 Å².